The predicted octanol–water partition coefficient (Wildman–Crippen LogP) is 2.38. The molecule has 0 radical (unpaired) electrons. The van der Waals surface area contributed by atoms with E-state index in [0.29, 0.717) is 6.54 Å². The molecule has 2 aromatic rings. The molecule has 0 fully saturated rings. The molecule has 0 aliphatic rings. The van der Waals surface area contributed by atoms with Crippen LogP contribution in [0, 0.1) is 18.3 Å². The number of nitrogens with zero attached hydrogens (tertiary/aromatic N) is 3. The maximum Gasteiger partial charge on any atom is 0.128 e. The molecule has 0 spiro atoms. The maximum absolute atomic E-state index is 8.53. The fraction of sp³-hybridized carbons (Fsp3) is 0.167. The molecule has 1 aromatic carbocycles. The molecule has 0 aliphatic carbocycles. The Kier molecular flexibility index (Phi) is 2.51. The summed E-state index contributed by atoms with van der Waals surface area (Å²) in [6.07, 6.45) is 3.67. The molecule has 0 N–H and O–H groups in total. The summed E-state index contributed by atoms with van der Waals surface area (Å²) in [5.41, 5.74) is 3.41. The molecular formula is C12H11N3. The molecule has 3 heteroatoms. The normalized spacial score (nSPS) is 9.87. The van der Waals surface area contributed by atoms with Gasteiger partial charge in [0.1, 0.15) is 6.54 Å². The van der Waals surface area contributed by atoms with Gasteiger partial charge in [-0.05, 0) is 12.5 Å². The Morgan fingerprint density at radius 2 is 2.27 bits per heavy atom. The lowest BCUT2D eigenvalue weighted by atomic mass is 10.1. The average Bonchev–Trinajstić information content (AvgIpc) is 2.67. The maximum atomic E-state index is 8.53. The molecule has 0 saturated carbocycles. The van der Waals surface area contributed by atoms with Crippen molar-refractivity contribution in [1.82, 2.24) is 9.78 Å². The highest BCUT2D eigenvalue weighted by molar-refractivity contribution is 5.62. The van der Waals surface area contributed by atoms with E-state index >= 15 is 0 Å². The van der Waals surface area contributed by atoms with E-state index in [9.17, 15) is 0 Å². The second-order valence-electron chi connectivity index (χ2n) is 3.45. The molecule has 0 atom stereocenters. The topological polar surface area (TPSA) is 41.6 Å². The lowest BCUT2D eigenvalue weighted by Crippen LogP contribution is -1.93. The van der Waals surface area contributed by atoms with Gasteiger partial charge in [-0.1, -0.05) is 29.8 Å². The van der Waals surface area contributed by atoms with Gasteiger partial charge in [0, 0.05) is 11.8 Å². The number of nitriles is 1. The van der Waals surface area contributed by atoms with Gasteiger partial charge in [-0.2, -0.15) is 10.4 Å². The summed E-state index contributed by atoms with van der Waals surface area (Å²) in [5.74, 6) is 0. The van der Waals surface area contributed by atoms with Gasteiger partial charge in [0.2, 0.25) is 0 Å². The van der Waals surface area contributed by atoms with Gasteiger partial charge >= 0.3 is 0 Å². The van der Waals surface area contributed by atoms with Crippen LogP contribution < -0.4 is 0 Å². The number of hydrogen-bond acceptors (Lipinski definition) is 2. The van der Waals surface area contributed by atoms with Crippen LogP contribution in [-0.4, -0.2) is 9.78 Å². The van der Waals surface area contributed by atoms with Crippen LogP contribution in [0.4, 0.5) is 0 Å². The number of benzene rings is 1. The first-order valence-corrected chi connectivity index (χ1v) is 4.76. The lowest BCUT2D eigenvalue weighted by molar-refractivity contribution is 0.710. The van der Waals surface area contributed by atoms with E-state index in [0.717, 1.165) is 11.1 Å². The van der Waals surface area contributed by atoms with Crippen molar-refractivity contribution in [2.24, 2.45) is 0 Å². The van der Waals surface area contributed by atoms with E-state index in [1.165, 1.54) is 5.56 Å². The molecule has 74 valence electrons. The first-order chi connectivity index (χ1) is 7.29. The van der Waals surface area contributed by atoms with Gasteiger partial charge in [-0.15, -0.1) is 0 Å². The van der Waals surface area contributed by atoms with E-state index in [2.05, 4.69) is 30.2 Å². The molecule has 3 nitrogen and oxygen atoms in total. The molecular weight excluding hydrogens is 186 g/mol. The smallest absolute Gasteiger partial charge is 0.128 e. The van der Waals surface area contributed by atoms with E-state index < -0.39 is 0 Å². The van der Waals surface area contributed by atoms with Gasteiger partial charge in [0.15, 0.2) is 0 Å². The van der Waals surface area contributed by atoms with Crippen LogP contribution in [0.25, 0.3) is 11.1 Å². The molecule has 1 aromatic heterocycles. The van der Waals surface area contributed by atoms with Gasteiger partial charge in [-0.3, -0.25) is 4.68 Å². The third kappa shape index (κ3) is 2.05. The highest BCUT2D eigenvalue weighted by Crippen LogP contribution is 2.19. The molecule has 0 bridgehead atoms. The van der Waals surface area contributed by atoms with Crippen molar-refractivity contribution >= 4 is 0 Å². The summed E-state index contributed by atoms with van der Waals surface area (Å²) in [6.45, 7) is 2.36. The van der Waals surface area contributed by atoms with E-state index in [1.54, 1.807) is 10.9 Å². The minimum atomic E-state index is 0.297. The van der Waals surface area contributed by atoms with Crippen LogP contribution >= 0.6 is 0 Å². The van der Waals surface area contributed by atoms with Gasteiger partial charge in [0.05, 0.1) is 12.3 Å². The standard InChI is InChI=1S/C12H11N3/c1-10-3-2-4-11(7-10)12-8-14-15(9-12)6-5-13/h2-4,7-9H,6H2,1H3. The van der Waals surface area contributed by atoms with Crippen molar-refractivity contribution in [3.63, 3.8) is 0 Å². The van der Waals surface area contributed by atoms with E-state index in [-0.39, 0.29) is 0 Å². The molecule has 0 amide bonds. The Morgan fingerprint density at radius 3 is 3.00 bits per heavy atom. The van der Waals surface area contributed by atoms with Crippen LogP contribution in [-0.2, 0) is 6.54 Å². The molecule has 0 unspecified atom stereocenters. The Labute approximate surface area is 88.6 Å². The third-order valence-corrected chi connectivity index (χ3v) is 2.22. The third-order valence-electron chi connectivity index (χ3n) is 2.22. The largest absolute Gasteiger partial charge is 0.258 e. The highest BCUT2D eigenvalue weighted by Gasteiger charge is 2.00. The van der Waals surface area contributed by atoms with E-state index in [1.807, 2.05) is 18.3 Å². The van der Waals surface area contributed by atoms with Crippen molar-refractivity contribution in [3.05, 3.63) is 42.2 Å². The fourth-order valence-electron chi connectivity index (χ4n) is 1.50. The Bertz CT molecular complexity index is 506. The highest BCUT2D eigenvalue weighted by atomic mass is 15.3. The quantitative estimate of drug-likeness (QED) is 0.741. The molecule has 2 rings (SSSR count). The van der Waals surface area contributed by atoms with Crippen LogP contribution in [0.3, 0.4) is 0 Å². The van der Waals surface area contributed by atoms with Crippen LogP contribution in [0.5, 0.6) is 0 Å². The summed E-state index contributed by atoms with van der Waals surface area (Å²) in [7, 11) is 0. The van der Waals surface area contributed by atoms with Crippen molar-refractivity contribution in [1.29, 1.82) is 5.26 Å². The average molecular weight is 197 g/mol. The number of aryl methyl sites for hydroxylation is 1. The second-order valence-corrected chi connectivity index (χ2v) is 3.45. The second kappa shape index (κ2) is 3.97. The molecule has 0 saturated heterocycles. The minimum Gasteiger partial charge on any atom is -0.258 e. The fourth-order valence-corrected chi connectivity index (χ4v) is 1.50. The lowest BCUT2D eigenvalue weighted by Gasteiger charge is -1.97. The van der Waals surface area contributed by atoms with Gasteiger partial charge in [0.25, 0.3) is 0 Å². The van der Waals surface area contributed by atoms with Gasteiger partial charge < -0.3 is 0 Å². The zero-order chi connectivity index (χ0) is 10.7. The van der Waals surface area contributed by atoms with Gasteiger partial charge in [-0.25, -0.2) is 0 Å². The number of rotatable bonds is 2. The van der Waals surface area contributed by atoms with Crippen LogP contribution in [0.2, 0.25) is 0 Å². The zero-order valence-electron chi connectivity index (χ0n) is 8.51. The Morgan fingerprint density at radius 1 is 1.40 bits per heavy atom. The summed E-state index contributed by atoms with van der Waals surface area (Å²) in [5, 5.41) is 12.6. The zero-order valence-corrected chi connectivity index (χ0v) is 8.51. The van der Waals surface area contributed by atoms with Crippen LogP contribution in [0.15, 0.2) is 36.7 Å². The van der Waals surface area contributed by atoms with Crippen molar-refractivity contribution in [3.8, 4) is 17.2 Å². The van der Waals surface area contributed by atoms with E-state index in [4.69, 9.17) is 5.26 Å². The SMILES string of the molecule is Cc1cccc(-c2cnn(CC#N)c2)c1. The summed E-state index contributed by atoms with van der Waals surface area (Å²) < 4.78 is 1.64. The first kappa shape index (κ1) is 9.47. The van der Waals surface area contributed by atoms with Crippen molar-refractivity contribution < 1.29 is 0 Å². The number of hydrogen-bond donors (Lipinski definition) is 0. The number of aromatic nitrogens is 2. The summed E-state index contributed by atoms with van der Waals surface area (Å²) in [6, 6.07) is 10.3. The molecule has 0 aliphatic heterocycles. The Hall–Kier alpha value is -2.08. The molecule has 1 heterocycles. The first-order valence-electron chi connectivity index (χ1n) is 4.76. The summed E-state index contributed by atoms with van der Waals surface area (Å²) in [4.78, 5) is 0. The molecule has 15 heavy (non-hydrogen) atoms. The Balaban J connectivity index is 2.34. The predicted molar refractivity (Wildman–Crippen MR) is 58.0 cm³/mol. The summed E-state index contributed by atoms with van der Waals surface area (Å²) >= 11 is 0. The monoisotopic (exact) mass is 197 g/mol. The van der Waals surface area contributed by atoms with Crippen molar-refractivity contribution in [2.45, 2.75) is 13.5 Å². The van der Waals surface area contributed by atoms with Crippen molar-refractivity contribution in [2.75, 3.05) is 0 Å². The minimum absolute atomic E-state index is 0.297. The van der Waals surface area contributed by atoms with Crippen LogP contribution in [0.1, 0.15) is 5.56 Å².